The fraction of sp³-hybridized carbons (Fsp3) is 0.500. The maximum atomic E-state index is 13.0. The molecule has 1 N–H and O–H groups in total. The Morgan fingerprint density at radius 2 is 2.29 bits per heavy atom. The van der Waals surface area contributed by atoms with E-state index in [2.05, 4.69) is 5.10 Å². The molecule has 0 aromatic carbocycles. The van der Waals surface area contributed by atoms with Gasteiger partial charge in [0, 0.05) is 19.7 Å². The van der Waals surface area contributed by atoms with Gasteiger partial charge in [-0.2, -0.15) is 5.10 Å². The van der Waals surface area contributed by atoms with Crippen LogP contribution in [-0.2, 0) is 17.3 Å². The van der Waals surface area contributed by atoms with E-state index in [0.717, 1.165) is 0 Å². The lowest BCUT2D eigenvalue weighted by Crippen LogP contribution is -2.29. The van der Waals surface area contributed by atoms with Gasteiger partial charge >= 0.3 is 5.97 Å². The van der Waals surface area contributed by atoms with Crippen LogP contribution in [0.5, 0.6) is 0 Å². The highest BCUT2D eigenvalue weighted by Gasteiger charge is 2.78. The first-order chi connectivity index (χ1) is 6.42. The average molecular weight is 202 g/mol. The maximum absolute atomic E-state index is 13.0. The van der Waals surface area contributed by atoms with Crippen LogP contribution in [0.15, 0.2) is 12.3 Å². The number of alkyl halides is 2. The molecule has 0 saturated heterocycles. The third kappa shape index (κ3) is 0.853. The van der Waals surface area contributed by atoms with E-state index in [9.17, 15) is 13.6 Å². The number of carboxylic acid groups (broad SMARTS) is 1. The summed E-state index contributed by atoms with van der Waals surface area (Å²) in [7, 11) is 1.45. The second kappa shape index (κ2) is 2.31. The standard InChI is InChI=1S/C8H8F2N2O2/c1-12-5(2-3-11-12)7(6(13)14)4-8(7,9)10/h2-3H,4H2,1H3,(H,13,14). The van der Waals surface area contributed by atoms with Crippen LogP contribution in [0.2, 0.25) is 0 Å². The first-order valence-corrected chi connectivity index (χ1v) is 4.01. The van der Waals surface area contributed by atoms with Gasteiger partial charge < -0.3 is 5.11 Å². The van der Waals surface area contributed by atoms with Gasteiger partial charge in [0.25, 0.3) is 5.92 Å². The van der Waals surface area contributed by atoms with E-state index in [1.807, 2.05) is 0 Å². The Labute approximate surface area is 78.1 Å². The third-order valence-corrected chi connectivity index (χ3v) is 2.61. The predicted octanol–water partition coefficient (Wildman–Crippen LogP) is 0.782. The van der Waals surface area contributed by atoms with Gasteiger partial charge in [-0.3, -0.25) is 9.48 Å². The molecule has 0 radical (unpaired) electrons. The Hall–Kier alpha value is -1.46. The number of nitrogens with zero attached hydrogens (tertiary/aromatic N) is 2. The monoisotopic (exact) mass is 202 g/mol. The number of aliphatic carboxylic acids is 1. The summed E-state index contributed by atoms with van der Waals surface area (Å²) in [5.74, 6) is -4.65. The molecular weight excluding hydrogens is 194 g/mol. The highest BCUT2D eigenvalue weighted by Crippen LogP contribution is 2.61. The number of rotatable bonds is 2. The van der Waals surface area contributed by atoms with Gasteiger partial charge in [0.2, 0.25) is 0 Å². The molecule has 6 heteroatoms. The van der Waals surface area contributed by atoms with Crippen molar-refractivity contribution in [3.8, 4) is 0 Å². The molecule has 1 aliphatic rings. The number of halogens is 2. The molecular formula is C8H8F2N2O2. The van der Waals surface area contributed by atoms with E-state index < -0.39 is 23.7 Å². The summed E-state index contributed by atoms with van der Waals surface area (Å²) < 4.78 is 27.2. The predicted molar refractivity (Wildman–Crippen MR) is 42.1 cm³/mol. The van der Waals surface area contributed by atoms with Gasteiger partial charge in [-0.15, -0.1) is 0 Å². The van der Waals surface area contributed by atoms with E-state index in [0.29, 0.717) is 0 Å². The number of carbonyl (C=O) groups is 1. The van der Waals surface area contributed by atoms with Gasteiger partial charge in [0.1, 0.15) is 0 Å². The minimum atomic E-state index is -3.16. The Morgan fingerprint density at radius 1 is 1.71 bits per heavy atom. The Balaban J connectivity index is 2.52. The van der Waals surface area contributed by atoms with Crippen LogP contribution in [0.1, 0.15) is 12.1 Å². The second-order valence-electron chi connectivity index (χ2n) is 3.43. The minimum Gasteiger partial charge on any atom is -0.480 e. The molecule has 0 aliphatic heterocycles. The third-order valence-electron chi connectivity index (χ3n) is 2.61. The van der Waals surface area contributed by atoms with Crippen LogP contribution in [0.3, 0.4) is 0 Å². The van der Waals surface area contributed by atoms with Crippen molar-refractivity contribution in [1.82, 2.24) is 9.78 Å². The number of carboxylic acids is 1. The van der Waals surface area contributed by atoms with Crippen LogP contribution in [0.4, 0.5) is 8.78 Å². The first-order valence-electron chi connectivity index (χ1n) is 4.01. The summed E-state index contributed by atoms with van der Waals surface area (Å²) in [5, 5.41) is 12.5. The van der Waals surface area contributed by atoms with E-state index in [-0.39, 0.29) is 5.69 Å². The smallest absolute Gasteiger partial charge is 0.322 e. The molecule has 1 aliphatic carbocycles. The fourth-order valence-corrected chi connectivity index (χ4v) is 1.70. The van der Waals surface area contributed by atoms with Crippen LogP contribution in [0.25, 0.3) is 0 Å². The SMILES string of the molecule is Cn1nccc1C1(C(=O)O)CC1(F)F. The van der Waals surface area contributed by atoms with Crippen molar-refractivity contribution >= 4 is 5.97 Å². The lowest BCUT2D eigenvalue weighted by molar-refractivity contribution is -0.143. The topological polar surface area (TPSA) is 55.1 Å². The van der Waals surface area contributed by atoms with Crippen LogP contribution in [-0.4, -0.2) is 26.8 Å². The molecule has 1 heterocycles. The van der Waals surface area contributed by atoms with Gasteiger partial charge in [0.15, 0.2) is 5.41 Å². The van der Waals surface area contributed by atoms with Crippen molar-refractivity contribution in [1.29, 1.82) is 0 Å². The van der Waals surface area contributed by atoms with Crippen molar-refractivity contribution in [2.24, 2.45) is 7.05 Å². The lowest BCUT2D eigenvalue weighted by Gasteiger charge is -2.10. The van der Waals surface area contributed by atoms with Crippen molar-refractivity contribution in [2.45, 2.75) is 17.8 Å². The van der Waals surface area contributed by atoms with Crippen molar-refractivity contribution < 1.29 is 18.7 Å². The van der Waals surface area contributed by atoms with E-state index >= 15 is 0 Å². The highest BCUT2D eigenvalue weighted by molar-refractivity contribution is 5.87. The molecule has 2 rings (SSSR count). The second-order valence-corrected chi connectivity index (χ2v) is 3.43. The van der Waals surface area contributed by atoms with Crippen LogP contribution < -0.4 is 0 Å². The summed E-state index contributed by atoms with van der Waals surface area (Å²) in [6.45, 7) is 0. The summed E-state index contributed by atoms with van der Waals surface area (Å²) in [5.41, 5.74) is -2.01. The van der Waals surface area contributed by atoms with E-state index in [1.165, 1.54) is 24.0 Å². The minimum absolute atomic E-state index is 0.0509. The van der Waals surface area contributed by atoms with Crippen LogP contribution >= 0.6 is 0 Å². The quantitative estimate of drug-likeness (QED) is 0.771. The van der Waals surface area contributed by atoms with Crippen molar-refractivity contribution in [2.75, 3.05) is 0 Å². The normalized spacial score (nSPS) is 28.8. The average Bonchev–Trinajstić information content (AvgIpc) is 2.44. The molecule has 1 fully saturated rings. The largest absolute Gasteiger partial charge is 0.480 e. The molecule has 14 heavy (non-hydrogen) atoms. The molecule has 1 saturated carbocycles. The molecule has 1 atom stereocenters. The molecule has 0 spiro atoms. The molecule has 76 valence electrons. The van der Waals surface area contributed by atoms with Crippen molar-refractivity contribution in [3.63, 3.8) is 0 Å². The number of aromatic nitrogens is 2. The Kier molecular flexibility index (Phi) is 1.51. The van der Waals surface area contributed by atoms with E-state index in [1.54, 1.807) is 0 Å². The molecule has 4 nitrogen and oxygen atoms in total. The van der Waals surface area contributed by atoms with Gasteiger partial charge in [0.05, 0.1) is 5.69 Å². The highest BCUT2D eigenvalue weighted by atomic mass is 19.3. The molecule has 1 aromatic rings. The fourth-order valence-electron chi connectivity index (χ4n) is 1.70. The van der Waals surface area contributed by atoms with Gasteiger partial charge in [-0.1, -0.05) is 0 Å². The summed E-state index contributed by atoms with van der Waals surface area (Å²) in [4.78, 5) is 10.8. The van der Waals surface area contributed by atoms with Gasteiger partial charge in [-0.25, -0.2) is 8.78 Å². The molecule has 1 unspecified atom stereocenters. The maximum Gasteiger partial charge on any atom is 0.322 e. The Bertz CT molecular complexity index is 402. The number of aryl methyl sites for hydroxylation is 1. The van der Waals surface area contributed by atoms with Crippen molar-refractivity contribution in [3.05, 3.63) is 18.0 Å². The molecule has 0 amide bonds. The Morgan fingerprint density at radius 3 is 2.57 bits per heavy atom. The van der Waals surface area contributed by atoms with E-state index in [4.69, 9.17) is 5.11 Å². The zero-order valence-corrected chi connectivity index (χ0v) is 7.37. The first kappa shape index (κ1) is 9.11. The van der Waals surface area contributed by atoms with Gasteiger partial charge in [-0.05, 0) is 6.07 Å². The lowest BCUT2D eigenvalue weighted by atomic mass is 10.0. The summed E-state index contributed by atoms with van der Waals surface area (Å²) >= 11 is 0. The zero-order chi connectivity index (χ0) is 10.6. The van der Waals surface area contributed by atoms with Crippen LogP contribution in [0, 0.1) is 0 Å². The summed E-state index contributed by atoms with van der Waals surface area (Å²) in [6, 6.07) is 1.31. The molecule has 0 bridgehead atoms. The molecule has 1 aromatic heterocycles. The zero-order valence-electron chi connectivity index (χ0n) is 7.37. The number of hydrogen-bond donors (Lipinski definition) is 1. The number of hydrogen-bond acceptors (Lipinski definition) is 2. The summed E-state index contributed by atoms with van der Waals surface area (Å²) in [6.07, 6.45) is 0.670.